The predicted molar refractivity (Wildman–Crippen MR) is 58.2 cm³/mol. The maximum Gasteiger partial charge on any atom is 0.154 e. The summed E-state index contributed by atoms with van der Waals surface area (Å²) in [7, 11) is 0. The Labute approximate surface area is 88.8 Å². The summed E-state index contributed by atoms with van der Waals surface area (Å²) >= 11 is 0. The molecule has 2 aromatic rings. The van der Waals surface area contributed by atoms with Crippen LogP contribution < -0.4 is 5.73 Å². The highest BCUT2D eigenvalue weighted by Crippen LogP contribution is 2.16. The zero-order valence-corrected chi connectivity index (χ0v) is 8.67. The molecule has 78 valence electrons. The van der Waals surface area contributed by atoms with Crippen LogP contribution in [0.1, 0.15) is 24.4 Å². The third kappa shape index (κ3) is 1.89. The molecule has 0 aliphatic heterocycles. The van der Waals surface area contributed by atoms with Gasteiger partial charge in [0.1, 0.15) is 6.33 Å². The summed E-state index contributed by atoms with van der Waals surface area (Å²) in [4.78, 5) is 0. The molecular formula is C11H14N4. The minimum absolute atomic E-state index is 0.200. The van der Waals surface area contributed by atoms with Gasteiger partial charge >= 0.3 is 0 Å². The van der Waals surface area contributed by atoms with Crippen LogP contribution >= 0.6 is 0 Å². The average molecular weight is 202 g/mol. The molecule has 2 rings (SSSR count). The highest BCUT2D eigenvalue weighted by Gasteiger charge is 2.14. The molecule has 0 spiro atoms. The third-order valence-electron chi connectivity index (χ3n) is 2.42. The maximum absolute atomic E-state index is 6.11. The number of aryl methyl sites for hydroxylation is 1. The number of rotatable bonds is 3. The minimum Gasteiger partial charge on any atom is -0.318 e. The van der Waals surface area contributed by atoms with E-state index in [0.29, 0.717) is 0 Å². The molecular weight excluding hydrogens is 188 g/mol. The molecule has 0 saturated carbocycles. The Kier molecular flexibility index (Phi) is 2.78. The zero-order valence-electron chi connectivity index (χ0n) is 8.67. The molecule has 1 aromatic heterocycles. The van der Waals surface area contributed by atoms with Gasteiger partial charge in [-0.25, -0.2) is 0 Å². The summed E-state index contributed by atoms with van der Waals surface area (Å²) in [6, 6.07) is 9.72. The van der Waals surface area contributed by atoms with Crippen molar-refractivity contribution in [2.75, 3.05) is 0 Å². The molecule has 0 fully saturated rings. The Morgan fingerprint density at radius 1 is 1.33 bits per heavy atom. The fourth-order valence-electron chi connectivity index (χ4n) is 1.56. The number of nitrogens with two attached hydrogens (primary N) is 1. The van der Waals surface area contributed by atoms with Gasteiger partial charge in [-0.1, -0.05) is 30.3 Å². The molecule has 0 unspecified atom stereocenters. The van der Waals surface area contributed by atoms with Gasteiger partial charge in [-0.15, -0.1) is 10.2 Å². The molecule has 1 aromatic carbocycles. The summed E-state index contributed by atoms with van der Waals surface area (Å²) in [6.07, 6.45) is 1.71. The van der Waals surface area contributed by atoms with Gasteiger partial charge in [-0.3, -0.25) is 0 Å². The van der Waals surface area contributed by atoms with E-state index in [-0.39, 0.29) is 6.04 Å². The van der Waals surface area contributed by atoms with Gasteiger partial charge in [0.2, 0.25) is 0 Å². The summed E-state index contributed by atoms with van der Waals surface area (Å²) in [5, 5.41) is 7.92. The monoisotopic (exact) mass is 202 g/mol. The highest BCUT2D eigenvalue weighted by molar-refractivity contribution is 5.23. The molecule has 0 aliphatic rings. The van der Waals surface area contributed by atoms with Crippen LogP contribution in [0.15, 0.2) is 36.7 Å². The standard InChI is InChI=1S/C11H14N4/c1-2-15-8-13-14-11(15)10(12)9-6-4-3-5-7-9/h3-8,10H,2,12H2,1H3/t10-/m0/s1. The van der Waals surface area contributed by atoms with Gasteiger partial charge in [-0.05, 0) is 12.5 Å². The summed E-state index contributed by atoms with van der Waals surface area (Å²) < 4.78 is 1.96. The Morgan fingerprint density at radius 2 is 2.07 bits per heavy atom. The summed E-state index contributed by atoms with van der Waals surface area (Å²) in [5.41, 5.74) is 7.17. The second-order valence-electron chi connectivity index (χ2n) is 3.36. The van der Waals surface area contributed by atoms with E-state index >= 15 is 0 Å². The molecule has 0 amide bonds. The Balaban J connectivity index is 2.32. The molecule has 0 radical (unpaired) electrons. The third-order valence-corrected chi connectivity index (χ3v) is 2.42. The molecule has 1 atom stereocenters. The maximum atomic E-state index is 6.11. The summed E-state index contributed by atoms with van der Waals surface area (Å²) in [6.45, 7) is 2.88. The van der Waals surface area contributed by atoms with Crippen molar-refractivity contribution >= 4 is 0 Å². The van der Waals surface area contributed by atoms with Crippen LogP contribution in [0.5, 0.6) is 0 Å². The lowest BCUT2D eigenvalue weighted by molar-refractivity contribution is 0.656. The first kappa shape index (κ1) is 9.86. The number of benzene rings is 1. The number of hydrogen-bond acceptors (Lipinski definition) is 3. The molecule has 15 heavy (non-hydrogen) atoms. The fourth-order valence-corrected chi connectivity index (χ4v) is 1.56. The molecule has 4 heteroatoms. The van der Waals surface area contributed by atoms with Crippen LogP contribution in [0, 0.1) is 0 Å². The van der Waals surface area contributed by atoms with E-state index in [4.69, 9.17) is 5.73 Å². The van der Waals surface area contributed by atoms with Crippen LogP contribution in [0.25, 0.3) is 0 Å². The first-order chi connectivity index (χ1) is 7.33. The van der Waals surface area contributed by atoms with Crippen molar-refractivity contribution in [3.8, 4) is 0 Å². The smallest absolute Gasteiger partial charge is 0.154 e. The van der Waals surface area contributed by atoms with Crippen molar-refractivity contribution in [1.82, 2.24) is 14.8 Å². The van der Waals surface area contributed by atoms with E-state index in [1.807, 2.05) is 41.8 Å². The van der Waals surface area contributed by atoms with Crippen LogP contribution in [-0.2, 0) is 6.54 Å². The van der Waals surface area contributed by atoms with Crippen LogP contribution in [-0.4, -0.2) is 14.8 Å². The first-order valence-corrected chi connectivity index (χ1v) is 5.01. The Hall–Kier alpha value is -1.68. The van der Waals surface area contributed by atoms with E-state index in [1.54, 1.807) is 6.33 Å². The summed E-state index contributed by atoms with van der Waals surface area (Å²) in [5.74, 6) is 0.809. The largest absolute Gasteiger partial charge is 0.318 e. The first-order valence-electron chi connectivity index (χ1n) is 5.01. The normalized spacial score (nSPS) is 12.7. The lowest BCUT2D eigenvalue weighted by Crippen LogP contribution is -2.17. The number of nitrogens with zero attached hydrogens (tertiary/aromatic N) is 3. The van der Waals surface area contributed by atoms with Gasteiger partial charge in [0.15, 0.2) is 5.82 Å². The van der Waals surface area contributed by atoms with Crippen molar-refractivity contribution in [3.05, 3.63) is 48.0 Å². The SMILES string of the molecule is CCn1cnnc1[C@@H](N)c1ccccc1. The minimum atomic E-state index is -0.200. The molecule has 0 saturated heterocycles. The molecule has 1 heterocycles. The topological polar surface area (TPSA) is 56.7 Å². The van der Waals surface area contributed by atoms with E-state index in [2.05, 4.69) is 10.2 Å². The van der Waals surface area contributed by atoms with Gasteiger partial charge in [-0.2, -0.15) is 0 Å². The molecule has 2 N–H and O–H groups in total. The van der Waals surface area contributed by atoms with Gasteiger partial charge in [0.25, 0.3) is 0 Å². The second kappa shape index (κ2) is 4.23. The van der Waals surface area contributed by atoms with Crippen molar-refractivity contribution in [2.24, 2.45) is 5.73 Å². The van der Waals surface area contributed by atoms with Crippen LogP contribution in [0.4, 0.5) is 0 Å². The van der Waals surface area contributed by atoms with E-state index in [9.17, 15) is 0 Å². The average Bonchev–Trinajstić information content (AvgIpc) is 2.77. The molecule has 0 bridgehead atoms. The lowest BCUT2D eigenvalue weighted by atomic mass is 10.1. The van der Waals surface area contributed by atoms with Gasteiger partial charge in [0, 0.05) is 6.54 Å². The van der Waals surface area contributed by atoms with E-state index in [1.165, 1.54) is 0 Å². The Morgan fingerprint density at radius 3 is 2.73 bits per heavy atom. The number of hydrogen-bond donors (Lipinski definition) is 1. The molecule has 0 aliphatic carbocycles. The van der Waals surface area contributed by atoms with Crippen molar-refractivity contribution < 1.29 is 0 Å². The Bertz CT molecular complexity index is 421. The second-order valence-corrected chi connectivity index (χ2v) is 3.36. The number of aromatic nitrogens is 3. The van der Waals surface area contributed by atoms with Crippen molar-refractivity contribution in [1.29, 1.82) is 0 Å². The van der Waals surface area contributed by atoms with E-state index in [0.717, 1.165) is 17.9 Å². The van der Waals surface area contributed by atoms with Gasteiger partial charge < -0.3 is 10.3 Å². The quantitative estimate of drug-likeness (QED) is 0.817. The van der Waals surface area contributed by atoms with Gasteiger partial charge in [0.05, 0.1) is 6.04 Å². The predicted octanol–water partition coefficient (Wildman–Crippen LogP) is 1.35. The van der Waals surface area contributed by atoms with Crippen LogP contribution in [0.3, 0.4) is 0 Å². The zero-order chi connectivity index (χ0) is 10.7. The lowest BCUT2D eigenvalue weighted by Gasteiger charge is -2.11. The van der Waals surface area contributed by atoms with E-state index < -0.39 is 0 Å². The van der Waals surface area contributed by atoms with Crippen molar-refractivity contribution in [2.45, 2.75) is 19.5 Å². The fraction of sp³-hybridized carbons (Fsp3) is 0.273. The van der Waals surface area contributed by atoms with Crippen LogP contribution in [0.2, 0.25) is 0 Å². The highest BCUT2D eigenvalue weighted by atomic mass is 15.3. The molecule has 4 nitrogen and oxygen atoms in total. The van der Waals surface area contributed by atoms with Crippen molar-refractivity contribution in [3.63, 3.8) is 0 Å².